The minimum absolute atomic E-state index is 0.364. The third kappa shape index (κ3) is 1.24. The maximum Gasteiger partial charge on any atom is 0.188 e. The number of carbonyl (C=O) groups excluding carboxylic acids is 1. The fraction of sp³-hybridized carbons (Fsp3) is 0.0769. The van der Waals surface area contributed by atoms with E-state index in [2.05, 4.69) is 14.2 Å². The average Bonchev–Trinajstić information content (AvgIpc) is 2.63. The van der Waals surface area contributed by atoms with Gasteiger partial charge in [-0.3, -0.25) is 9.78 Å². The van der Waals surface area contributed by atoms with Crippen LogP contribution in [-0.2, 0) is 10.4 Å². The first kappa shape index (κ1) is 10.6. The van der Waals surface area contributed by atoms with Crippen LogP contribution in [0.5, 0.6) is 0 Å². The molecule has 3 nitrogen and oxygen atoms in total. The lowest BCUT2D eigenvalue weighted by molar-refractivity contribution is -0.124. The minimum Gasteiger partial charge on any atom is -0.373 e. The molecule has 84 valence electrons. The Bertz CT molecular complexity index is 579. The first-order chi connectivity index (χ1) is 8.15. The van der Waals surface area contributed by atoms with Gasteiger partial charge in [-0.15, -0.1) is 0 Å². The van der Waals surface area contributed by atoms with Crippen molar-refractivity contribution in [3.8, 4) is 11.3 Å². The molecule has 17 heavy (non-hydrogen) atoms. The normalized spacial score (nSPS) is 20.8. The molecule has 1 aliphatic rings. The van der Waals surface area contributed by atoms with Crippen LogP contribution in [0.3, 0.4) is 0 Å². The molecule has 0 saturated heterocycles. The molecule has 2 aromatic rings. The van der Waals surface area contributed by atoms with Crippen molar-refractivity contribution in [1.82, 2.24) is 4.98 Å². The van der Waals surface area contributed by atoms with Crippen molar-refractivity contribution in [3.05, 3.63) is 53.7 Å². The molecule has 1 aromatic heterocycles. The predicted octanol–water partition coefficient (Wildman–Crippen LogP) is 1.70. The van der Waals surface area contributed by atoms with Crippen LogP contribution >= 0.6 is 9.24 Å². The quantitative estimate of drug-likeness (QED) is 0.775. The fourth-order valence-electron chi connectivity index (χ4n) is 2.33. The lowest BCUT2D eigenvalue weighted by Crippen LogP contribution is -2.31. The van der Waals surface area contributed by atoms with Crippen LogP contribution in [0.1, 0.15) is 11.1 Å². The summed E-state index contributed by atoms with van der Waals surface area (Å²) in [4.78, 5) is 16.0. The number of pyridine rings is 1. The molecule has 0 saturated carbocycles. The molecule has 0 radical (unpaired) electrons. The van der Waals surface area contributed by atoms with E-state index in [1.54, 1.807) is 24.4 Å². The van der Waals surface area contributed by atoms with Crippen LogP contribution in [0.25, 0.3) is 11.3 Å². The van der Waals surface area contributed by atoms with Crippen molar-refractivity contribution in [2.24, 2.45) is 0 Å². The van der Waals surface area contributed by atoms with E-state index < -0.39 is 5.60 Å². The van der Waals surface area contributed by atoms with Crippen molar-refractivity contribution in [3.63, 3.8) is 0 Å². The van der Waals surface area contributed by atoms with E-state index in [-0.39, 0.29) is 5.52 Å². The highest BCUT2D eigenvalue weighted by Crippen LogP contribution is 2.47. The zero-order chi connectivity index (χ0) is 12.0. The first-order valence-electron chi connectivity index (χ1n) is 5.23. The van der Waals surface area contributed by atoms with Crippen molar-refractivity contribution < 1.29 is 9.90 Å². The Morgan fingerprint density at radius 3 is 2.65 bits per heavy atom. The van der Waals surface area contributed by atoms with E-state index in [0.717, 1.165) is 5.56 Å². The number of hydrogen-bond donors (Lipinski definition) is 1. The molecule has 1 N–H and O–H groups in total. The van der Waals surface area contributed by atoms with Gasteiger partial charge in [0.15, 0.2) is 11.1 Å². The molecule has 0 bridgehead atoms. The summed E-state index contributed by atoms with van der Waals surface area (Å²) in [6.45, 7) is 0. The fourth-order valence-corrected chi connectivity index (χ4v) is 2.64. The molecule has 0 amide bonds. The van der Waals surface area contributed by atoms with Gasteiger partial charge in [-0.05, 0) is 6.07 Å². The maximum atomic E-state index is 11.8. The van der Waals surface area contributed by atoms with Crippen LogP contribution in [-0.4, -0.2) is 15.6 Å². The maximum absolute atomic E-state index is 11.8. The molecular formula is C13H10NO2P. The molecule has 1 aromatic carbocycles. The highest BCUT2D eigenvalue weighted by molar-refractivity contribution is 7.40. The van der Waals surface area contributed by atoms with Crippen molar-refractivity contribution in [2.45, 2.75) is 5.60 Å². The summed E-state index contributed by atoms with van der Waals surface area (Å²) in [5, 5.41) is 10.7. The van der Waals surface area contributed by atoms with Crippen molar-refractivity contribution >= 4 is 14.8 Å². The molecule has 3 rings (SSSR count). The molecule has 0 spiro atoms. The molecule has 2 atom stereocenters. The van der Waals surface area contributed by atoms with E-state index in [4.69, 9.17) is 0 Å². The van der Waals surface area contributed by atoms with E-state index >= 15 is 0 Å². The number of carbonyl (C=O) groups is 1. The van der Waals surface area contributed by atoms with Gasteiger partial charge >= 0.3 is 0 Å². The Morgan fingerprint density at radius 1 is 1.18 bits per heavy atom. The van der Waals surface area contributed by atoms with Crippen LogP contribution in [0.4, 0.5) is 0 Å². The molecular weight excluding hydrogens is 233 g/mol. The van der Waals surface area contributed by atoms with E-state index in [9.17, 15) is 9.90 Å². The summed E-state index contributed by atoms with van der Waals surface area (Å²) in [5.41, 5.74) is 0.722. The number of rotatable bonds is 1. The Morgan fingerprint density at radius 2 is 1.88 bits per heavy atom. The predicted molar refractivity (Wildman–Crippen MR) is 67.4 cm³/mol. The van der Waals surface area contributed by atoms with E-state index in [0.29, 0.717) is 16.8 Å². The van der Waals surface area contributed by atoms with Crippen LogP contribution in [0, 0.1) is 0 Å². The number of benzene rings is 1. The van der Waals surface area contributed by atoms with Gasteiger partial charge in [0.2, 0.25) is 0 Å². The lowest BCUT2D eigenvalue weighted by Gasteiger charge is -2.21. The second-order valence-corrected chi connectivity index (χ2v) is 4.54. The van der Waals surface area contributed by atoms with Gasteiger partial charge in [0.1, 0.15) is 0 Å². The Labute approximate surface area is 101 Å². The highest BCUT2D eigenvalue weighted by atomic mass is 31.0. The Kier molecular flexibility index (Phi) is 2.15. The highest BCUT2D eigenvalue weighted by Gasteiger charge is 2.46. The Balaban J connectivity index is 2.43. The van der Waals surface area contributed by atoms with Gasteiger partial charge in [0.25, 0.3) is 0 Å². The summed E-state index contributed by atoms with van der Waals surface area (Å²) in [6.07, 6.45) is 1.66. The number of hydrogen-bond acceptors (Lipinski definition) is 3. The zero-order valence-corrected chi connectivity index (χ0v) is 10.1. The monoisotopic (exact) mass is 243 g/mol. The van der Waals surface area contributed by atoms with E-state index in [1.807, 2.05) is 18.2 Å². The molecule has 1 heterocycles. The summed E-state index contributed by atoms with van der Waals surface area (Å²) >= 11 is 0. The largest absolute Gasteiger partial charge is 0.373 e. The van der Waals surface area contributed by atoms with Crippen LogP contribution in [0.15, 0.2) is 42.6 Å². The number of aliphatic hydroxyl groups is 1. The van der Waals surface area contributed by atoms with Crippen molar-refractivity contribution in [1.29, 1.82) is 0 Å². The topological polar surface area (TPSA) is 50.2 Å². The summed E-state index contributed by atoms with van der Waals surface area (Å²) in [6, 6.07) is 10.8. The number of fused-ring (bicyclic) bond motifs is 3. The molecule has 1 aliphatic carbocycles. The first-order valence-corrected chi connectivity index (χ1v) is 5.81. The van der Waals surface area contributed by atoms with Crippen molar-refractivity contribution in [2.75, 3.05) is 0 Å². The van der Waals surface area contributed by atoms with Gasteiger partial charge in [0.05, 0.1) is 5.69 Å². The standard InChI is InChI=1S/C13H10NO2P/c15-12(17)13(16)9-5-2-1-4-8(9)11-10(13)6-3-7-14-11/h1-7,16H,17H2. The summed E-state index contributed by atoms with van der Waals surface area (Å²) in [5.74, 6) is 0. The summed E-state index contributed by atoms with van der Waals surface area (Å²) < 4.78 is 0. The second kappa shape index (κ2) is 3.46. The Hall–Kier alpha value is -1.57. The van der Waals surface area contributed by atoms with Gasteiger partial charge < -0.3 is 5.11 Å². The van der Waals surface area contributed by atoms with Gasteiger partial charge in [-0.25, -0.2) is 0 Å². The van der Waals surface area contributed by atoms with Gasteiger partial charge in [0, 0.05) is 22.9 Å². The third-order valence-corrected chi connectivity index (χ3v) is 3.54. The van der Waals surface area contributed by atoms with Crippen LogP contribution < -0.4 is 0 Å². The molecule has 2 unspecified atom stereocenters. The molecule has 4 heteroatoms. The second-order valence-electron chi connectivity index (χ2n) is 4.02. The SMILES string of the molecule is O=C(P)C1(O)c2ccccc2-c2ncccc21. The number of aromatic nitrogens is 1. The smallest absolute Gasteiger partial charge is 0.188 e. The third-order valence-electron chi connectivity index (χ3n) is 3.13. The molecule has 0 fully saturated rings. The molecule has 0 aliphatic heterocycles. The minimum atomic E-state index is -1.58. The van der Waals surface area contributed by atoms with Gasteiger partial charge in [-0.2, -0.15) is 0 Å². The lowest BCUT2D eigenvalue weighted by atomic mass is 9.93. The number of nitrogens with zero attached hydrogens (tertiary/aromatic N) is 1. The van der Waals surface area contributed by atoms with Gasteiger partial charge in [-0.1, -0.05) is 39.6 Å². The van der Waals surface area contributed by atoms with E-state index in [1.165, 1.54) is 0 Å². The average molecular weight is 243 g/mol. The summed E-state index contributed by atoms with van der Waals surface area (Å²) in [7, 11) is 2.06. The zero-order valence-electron chi connectivity index (χ0n) is 8.92. The van der Waals surface area contributed by atoms with Crippen LogP contribution in [0.2, 0.25) is 0 Å².